The predicted octanol–water partition coefficient (Wildman–Crippen LogP) is 1.73. The predicted molar refractivity (Wildman–Crippen MR) is 103 cm³/mol. The van der Waals surface area contributed by atoms with Crippen molar-refractivity contribution in [2.45, 2.75) is 33.1 Å². The van der Waals surface area contributed by atoms with E-state index in [-0.39, 0.29) is 18.9 Å². The van der Waals surface area contributed by atoms with Crippen LogP contribution in [0.1, 0.15) is 28.9 Å². The van der Waals surface area contributed by atoms with Gasteiger partial charge in [-0.2, -0.15) is 10.1 Å². The zero-order valence-corrected chi connectivity index (χ0v) is 15.9. The molecule has 1 amide bonds. The van der Waals surface area contributed by atoms with Crippen LogP contribution in [0.4, 0.5) is 0 Å². The summed E-state index contributed by atoms with van der Waals surface area (Å²) in [4.78, 5) is 32.3. The van der Waals surface area contributed by atoms with Crippen LogP contribution < -0.4 is 5.32 Å². The van der Waals surface area contributed by atoms with Gasteiger partial charge < -0.3 is 10.4 Å². The molecule has 2 N–H and O–H groups in total. The summed E-state index contributed by atoms with van der Waals surface area (Å²) in [5.41, 5.74) is 3.61. The SMILES string of the molecule is Cc1nc2ncnn2c(C)c1CCC(=O)NCC(Cc1ccccc1)C(=O)O. The van der Waals surface area contributed by atoms with E-state index < -0.39 is 11.9 Å². The lowest BCUT2D eigenvalue weighted by molar-refractivity contribution is -0.141. The summed E-state index contributed by atoms with van der Waals surface area (Å²) in [5, 5.41) is 16.3. The van der Waals surface area contributed by atoms with E-state index >= 15 is 0 Å². The second-order valence-corrected chi connectivity index (χ2v) is 6.76. The molecule has 8 nitrogen and oxygen atoms in total. The molecule has 0 saturated heterocycles. The van der Waals surface area contributed by atoms with Crippen LogP contribution in [0, 0.1) is 19.8 Å². The van der Waals surface area contributed by atoms with E-state index in [4.69, 9.17) is 0 Å². The zero-order chi connectivity index (χ0) is 20.1. The van der Waals surface area contributed by atoms with E-state index in [2.05, 4.69) is 20.4 Å². The van der Waals surface area contributed by atoms with Crippen LogP contribution in [0.25, 0.3) is 5.78 Å². The van der Waals surface area contributed by atoms with Crippen molar-refractivity contribution in [2.75, 3.05) is 6.54 Å². The summed E-state index contributed by atoms with van der Waals surface area (Å²) >= 11 is 0. The number of aliphatic carboxylic acids is 1. The lowest BCUT2D eigenvalue weighted by Crippen LogP contribution is -2.34. The van der Waals surface area contributed by atoms with Crippen LogP contribution in [0.2, 0.25) is 0 Å². The molecule has 2 aromatic heterocycles. The summed E-state index contributed by atoms with van der Waals surface area (Å²) in [7, 11) is 0. The Balaban J connectivity index is 1.57. The Morgan fingerprint density at radius 3 is 2.68 bits per heavy atom. The van der Waals surface area contributed by atoms with Gasteiger partial charge in [-0.15, -0.1) is 0 Å². The first-order valence-corrected chi connectivity index (χ1v) is 9.15. The lowest BCUT2D eigenvalue weighted by atomic mass is 9.99. The Hall–Kier alpha value is -3.29. The van der Waals surface area contributed by atoms with Gasteiger partial charge in [-0.25, -0.2) is 9.50 Å². The van der Waals surface area contributed by atoms with Crippen molar-refractivity contribution in [1.29, 1.82) is 0 Å². The summed E-state index contributed by atoms with van der Waals surface area (Å²) in [5.74, 6) is -1.23. The molecule has 28 heavy (non-hydrogen) atoms. The quantitative estimate of drug-likeness (QED) is 0.615. The molecular weight excluding hydrogens is 358 g/mol. The Labute approximate surface area is 162 Å². The van der Waals surface area contributed by atoms with Gasteiger partial charge in [0.15, 0.2) is 0 Å². The molecule has 0 fully saturated rings. The van der Waals surface area contributed by atoms with Gasteiger partial charge >= 0.3 is 5.97 Å². The number of hydrogen-bond donors (Lipinski definition) is 2. The summed E-state index contributed by atoms with van der Waals surface area (Å²) in [6, 6.07) is 9.40. The van der Waals surface area contributed by atoms with Crippen molar-refractivity contribution in [1.82, 2.24) is 24.9 Å². The van der Waals surface area contributed by atoms with Crippen molar-refractivity contribution in [3.05, 3.63) is 59.2 Å². The first-order valence-electron chi connectivity index (χ1n) is 9.15. The van der Waals surface area contributed by atoms with E-state index in [9.17, 15) is 14.7 Å². The van der Waals surface area contributed by atoms with Gasteiger partial charge in [0.1, 0.15) is 6.33 Å². The average molecular weight is 381 g/mol. The van der Waals surface area contributed by atoms with Crippen LogP contribution >= 0.6 is 0 Å². The number of fused-ring (bicyclic) bond motifs is 1. The first kappa shape index (κ1) is 19.5. The Morgan fingerprint density at radius 2 is 1.96 bits per heavy atom. The van der Waals surface area contributed by atoms with Crippen LogP contribution in [0.15, 0.2) is 36.7 Å². The van der Waals surface area contributed by atoms with Gasteiger partial charge in [-0.05, 0) is 37.8 Å². The van der Waals surface area contributed by atoms with Crippen LogP contribution in [0.3, 0.4) is 0 Å². The van der Waals surface area contributed by atoms with Crippen molar-refractivity contribution in [3.63, 3.8) is 0 Å². The molecule has 1 atom stereocenters. The number of nitrogens with one attached hydrogen (secondary N) is 1. The minimum atomic E-state index is -0.920. The van der Waals surface area contributed by atoms with Crippen molar-refractivity contribution >= 4 is 17.7 Å². The molecule has 0 aliphatic rings. The third-order valence-corrected chi connectivity index (χ3v) is 4.81. The van der Waals surface area contributed by atoms with Gasteiger partial charge in [-0.1, -0.05) is 30.3 Å². The Bertz CT molecular complexity index is 984. The largest absolute Gasteiger partial charge is 0.481 e. The number of nitrogens with zero attached hydrogens (tertiary/aromatic N) is 4. The van der Waals surface area contributed by atoms with Crippen molar-refractivity contribution in [3.8, 4) is 0 Å². The number of carboxylic acid groups (broad SMARTS) is 1. The molecule has 0 aliphatic heterocycles. The summed E-state index contributed by atoms with van der Waals surface area (Å²) in [6.07, 6.45) is 2.58. The first-order chi connectivity index (χ1) is 13.5. The second kappa shape index (κ2) is 8.60. The number of amides is 1. The molecule has 0 saturated carbocycles. The molecule has 0 bridgehead atoms. The number of aryl methyl sites for hydroxylation is 2. The van der Waals surface area contributed by atoms with Crippen molar-refractivity contribution < 1.29 is 14.7 Å². The lowest BCUT2D eigenvalue weighted by Gasteiger charge is -2.14. The van der Waals surface area contributed by atoms with Gasteiger partial charge in [0.2, 0.25) is 5.91 Å². The highest BCUT2D eigenvalue weighted by atomic mass is 16.4. The molecule has 0 spiro atoms. The standard InChI is InChI=1S/C20H23N5O3/c1-13-17(14(2)25-20(24-13)22-12-23-25)8-9-18(26)21-11-16(19(27)28)10-15-6-4-3-5-7-15/h3-7,12,16H,8-11H2,1-2H3,(H,21,26)(H,27,28). The van der Waals surface area contributed by atoms with Gasteiger partial charge in [0.25, 0.3) is 5.78 Å². The highest BCUT2D eigenvalue weighted by Crippen LogP contribution is 2.15. The number of hydrogen-bond acceptors (Lipinski definition) is 5. The number of carboxylic acids is 1. The van der Waals surface area contributed by atoms with E-state index in [0.717, 1.165) is 22.5 Å². The number of rotatable bonds is 8. The van der Waals surface area contributed by atoms with Gasteiger partial charge in [0, 0.05) is 24.4 Å². The number of carbonyl (C=O) groups is 2. The normalized spacial score (nSPS) is 12.1. The van der Waals surface area contributed by atoms with E-state index in [1.807, 2.05) is 44.2 Å². The van der Waals surface area contributed by atoms with Crippen molar-refractivity contribution in [2.24, 2.45) is 5.92 Å². The average Bonchev–Trinajstić information content (AvgIpc) is 3.14. The van der Waals surface area contributed by atoms with E-state index in [0.29, 0.717) is 18.6 Å². The molecule has 1 aromatic carbocycles. The topological polar surface area (TPSA) is 109 Å². The Kier molecular flexibility index (Phi) is 5.98. The van der Waals surface area contributed by atoms with Crippen LogP contribution in [-0.2, 0) is 22.4 Å². The summed E-state index contributed by atoms with van der Waals surface area (Å²) < 4.78 is 1.65. The maximum absolute atomic E-state index is 12.3. The van der Waals surface area contributed by atoms with Gasteiger partial charge in [0.05, 0.1) is 5.92 Å². The highest BCUT2D eigenvalue weighted by molar-refractivity contribution is 5.77. The highest BCUT2D eigenvalue weighted by Gasteiger charge is 2.19. The van der Waals surface area contributed by atoms with Gasteiger partial charge in [-0.3, -0.25) is 9.59 Å². The number of carbonyl (C=O) groups excluding carboxylic acids is 1. The van der Waals surface area contributed by atoms with E-state index in [1.54, 1.807) is 4.52 Å². The third-order valence-electron chi connectivity index (χ3n) is 4.81. The Morgan fingerprint density at radius 1 is 1.21 bits per heavy atom. The smallest absolute Gasteiger partial charge is 0.308 e. The monoisotopic (exact) mass is 381 g/mol. The number of aromatic nitrogens is 4. The molecule has 3 rings (SSSR count). The molecule has 0 aliphatic carbocycles. The second-order valence-electron chi connectivity index (χ2n) is 6.76. The zero-order valence-electron chi connectivity index (χ0n) is 15.9. The fourth-order valence-corrected chi connectivity index (χ4v) is 3.23. The maximum atomic E-state index is 12.3. The molecule has 8 heteroatoms. The fraction of sp³-hybridized carbons (Fsp3) is 0.350. The molecule has 3 aromatic rings. The molecule has 0 radical (unpaired) electrons. The third kappa shape index (κ3) is 4.51. The molecular formula is C20H23N5O3. The summed E-state index contributed by atoms with van der Waals surface area (Å²) in [6.45, 7) is 3.90. The molecule has 1 unspecified atom stereocenters. The number of benzene rings is 1. The maximum Gasteiger partial charge on any atom is 0.308 e. The minimum Gasteiger partial charge on any atom is -0.481 e. The van der Waals surface area contributed by atoms with E-state index in [1.165, 1.54) is 6.33 Å². The molecule has 146 valence electrons. The van der Waals surface area contributed by atoms with Crippen LogP contribution in [0.5, 0.6) is 0 Å². The molecule has 2 heterocycles. The minimum absolute atomic E-state index is 0.0986. The van der Waals surface area contributed by atoms with Crippen LogP contribution in [-0.4, -0.2) is 43.1 Å². The fourth-order valence-electron chi connectivity index (χ4n) is 3.23.